The first-order chi connectivity index (χ1) is 14.0. The first-order valence-electron chi connectivity index (χ1n) is 9.06. The van der Waals surface area contributed by atoms with Crippen molar-refractivity contribution in [3.63, 3.8) is 0 Å². The molecule has 4 rings (SSSR count). The molecule has 1 saturated heterocycles. The average molecular weight is 474 g/mol. The Morgan fingerprint density at radius 1 is 1.20 bits per heavy atom. The Hall–Kier alpha value is -2.10. The van der Waals surface area contributed by atoms with Gasteiger partial charge in [-0.05, 0) is 29.8 Å². The van der Waals surface area contributed by atoms with Crippen LogP contribution in [0.25, 0.3) is 11.4 Å². The molecule has 30 heavy (non-hydrogen) atoms. The Bertz CT molecular complexity index is 1130. The molecular weight excluding hydrogens is 455 g/mol. The van der Waals surface area contributed by atoms with Gasteiger partial charge < -0.3 is 14.6 Å². The summed E-state index contributed by atoms with van der Waals surface area (Å²) in [5, 5.41) is 7.88. The SMILES string of the molecule is Cl.O=c1[nH]c(-c2cccn(C[C@@H]3CNCCO[C@H]3c3ccc(Cl)c(Cl)c3)c2=O)no1. The Morgan fingerprint density at radius 3 is 2.77 bits per heavy atom. The molecule has 160 valence electrons. The van der Waals surface area contributed by atoms with Gasteiger partial charge in [-0.15, -0.1) is 12.4 Å². The van der Waals surface area contributed by atoms with E-state index in [1.165, 1.54) is 0 Å². The summed E-state index contributed by atoms with van der Waals surface area (Å²) < 4.78 is 12.2. The summed E-state index contributed by atoms with van der Waals surface area (Å²) in [6.45, 7) is 2.30. The lowest BCUT2D eigenvalue weighted by Crippen LogP contribution is -2.32. The largest absolute Gasteiger partial charge is 0.439 e. The van der Waals surface area contributed by atoms with Gasteiger partial charge in [0.15, 0.2) is 5.82 Å². The molecule has 1 aromatic carbocycles. The summed E-state index contributed by atoms with van der Waals surface area (Å²) in [7, 11) is 0. The molecule has 2 aromatic heterocycles. The fourth-order valence-corrected chi connectivity index (χ4v) is 3.77. The third-order valence-corrected chi connectivity index (χ3v) is 5.57. The van der Waals surface area contributed by atoms with Crippen molar-refractivity contribution in [3.05, 3.63) is 73.0 Å². The van der Waals surface area contributed by atoms with Gasteiger partial charge in [0.1, 0.15) is 0 Å². The second kappa shape index (κ2) is 9.80. The highest BCUT2D eigenvalue weighted by Gasteiger charge is 2.27. The highest BCUT2D eigenvalue weighted by atomic mass is 35.5. The monoisotopic (exact) mass is 472 g/mol. The fourth-order valence-electron chi connectivity index (χ4n) is 3.47. The molecule has 0 spiro atoms. The number of halogens is 3. The highest BCUT2D eigenvalue weighted by Crippen LogP contribution is 2.32. The molecule has 11 heteroatoms. The van der Waals surface area contributed by atoms with Gasteiger partial charge in [-0.1, -0.05) is 34.4 Å². The highest BCUT2D eigenvalue weighted by molar-refractivity contribution is 6.42. The molecule has 8 nitrogen and oxygen atoms in total. The minimum absolute atomic E-state index is 0. The van der Waals surface area contributed by atoms with Gasteiger partial charge in [0.05, 0.1) is 28.3 Å². The van der Waals surface area contributed by atoms with Crippen LogP contribution in [0.5, 0.6) is 0 Å². The van der Waals surface area contributed by atoms with Crippen LogP contribution < -0.4 is 16.6 Å². The van der Waals surface area contributed by atoms with Crippen molar-refractivity contribution >= 4 is 35.6 Å². The summed E-state index contributed by atoms with van der Waals surface area (Å²) in [5.74, 6) is -0.652. The van der Waals surface area contributed by atoms with Gasteiger partial charge in [0.25, 0.3) is 5.56 Å². The Morgan fingerprint density at radius 2 is 2.03 bits per heavy atom. The molecule has 0 radical (unpaired) electrons. The number of aromatic amines is 1. The molecule has 0 unspecified atom stereocenters. The van der Waals surface area contributed by atoms with E-state index in [2.05, 4.69) is 20.0 Å². The zero-order chi connectivity index (χ0) is 20.4. The van der Waals surface area contributed by atoms with E-state index in [9.17, 15) is 9.59 Å². The van der Waals surface area contributed by atoms with E-state index in [0.29, 0.717) is 36.3 Å². The van der Waals surface area contributed by atoms with Gasteiger partial charge >= 0.3 is 5.76 Å². The summed E-state index contributed by atoms with van der Waals surface area (Å²) in [4.78, 5) is 26.6. The van der Waals surface area contributed by atoms with Crippen LogP contribution in [0.4, 0.5) is 0 Å². The van der Waals surface area contributed by atoms with Crippen LogP contribution in [0.3, 0.4) is 0 Å². The maximum atomic E-state index is 12.9. The van der Waals surface area contributed by atoms with Gasteiger partial charge in [0, 0.05) is 31.7 Å². The van der Waals surface area contributed by atoms with Crippen LogP contribution in [0.15, 0.2) is 50.6 Å². The molecule has 0 aliphatic carbocycles. The minimum Gasteiger partial charge on any atom is -0.372 e. The molecule has 1 fully saturated rings. The second-order valence-electron chi connectivity index (χ2n) is 6.75. The molecular formula is C19H19Cl3N4O4. The Balaban J connectivity index is 0.00000256. The van der Waals surface area contributed by atoms with Crippen molar-refractivity contribution < 1.29 is 9.26 Å². The number of hydrogen-bond acceptors (Lipinski definition) is 6. The molecule has 0 saturated carbocycles. The number of nitrogens with one attached hydrogen (secondary N) is 2. The first kappa shape index (κ1) is 22.6. The van der Waals surface area contributed by atoms with E-state index in [1.807, 2.05) is 6.07 Å². The number of pyridine rings is 1. The molecule has 1 aliphatic rings. The van der Waals surface area contributed by atoms with Crippen LogP contribution in [0.2, 0.25) is 10.0 Å². The van der Waals surface area contributed by atoms with E-state index in [1.54, 1.807) is 35.0 Å². The predicted molar refractivity (Wildman–Crippen MR) is 116 cm³/mol. The number of H-pyrrole nitrogens is 1. The van der Waals surface area contributed by atoms with Crippen LogP contribution >= 0.6 is 35.6 Å². The van der Waals surface area contributed by atoms with Crippen molar-refractivity contribution in [1.82, 2.24) is 20.0 Å². The molecule has 2 N–H and O–H groups in total. The zero-order valence-corrected chi connectivity index (χ0v) is 18.0. The fraction of sp³-hybridized carbons (Fsp3) is 0.316. The number of benzene rings is 1. The Labute approximate surface area is 187 Å². The van der Waals surface area contributed by atoms with Crippen molar-refractivity contribution in [2.45, 2.75) is 12.6 Å². The topological polar surface area (TPSA) is 102 Å². The quantitative estimate of drug-likeness (QED) is 0.604. The second-order valence-corrected chi connectivity index (χ2v) is 7.57. The van der Waals surface area contributed by atoms with Crippen LogP contribution in [0.1, 0.15) is 11.7 Å². The maximum Gasteiger partial charge on any atom is 0.439 e. The summed E-state index contributed by atoms with van der Waals surface area (Å²) in [6.07, 6.45) is 1.43. The summed E-state index contributed by atoms with van der Waals surface area (Å²) in [5.41, 5.74) is 0.874. The van der Waals surface area contributed by atoms with Gasteiger partial charge in [0.2, 0.25) is 0 Å². The van der Waals surface area contributed by atoms with E-state index in [4.69, 9.17) is 27.9 Å². The number of ether oxygens (including phenoxy) is 1. The molecule has 1 aliphatic heterocycles. The van der Waals surface area contributed by atoms with Gasteiger partial charge in [-0.3, -0.25) is 14.3 Å². The van der Waals surface area contributed by atoms with Crippen molar-refractivity contribution in [2.24, 2.45) is 5.92 Å². The van der Waals surface area contributed by atoms with Crippen molar-refractivity contribution in [3.8, 4) is 11.4 Å². The van der Waals surface area contributed by atoms with Crippen LogP contribution in [0, 0.1) is 5.92 Å². The lowest BCUT2D eigenvalue weighted by atomic mass is 9.95. The smallest absolute Gasteiger partial charge is 0.372 e. The lowest BCUT2D eigenvalue weighted by Gasteiger charge is -2.26. The predicted octanol–water partition coefficient (Wildman–Crippen LogP) is 2.90. The van der Waals surface area contributed by atoms with E-state index >= 15 is 0 Å². The third kappa shape index (κ3) is 4.79. The molecule has 0 amide bonds. The third-order valence-electron chi connectivity index (χ3n) is 4.83. The molecule has 3 heterocycles. The normalized spacial score (nSPS) is 19.1. The number of hydrogen-bond donors (Lipinski definition) is 2. The molecule has 3 aromatic rings. The number of aromatic nitrogens is 3. The van der Waals surface area contributed by atoms with Crippen molar-refractivity contribution in [2.75, 3.05) is 19.7 Å². The van der Waals surface area contributed by atoms with Crippen LogP contribution in [-0.2, 0) is 11.3 Å². The first-order valence-corrected chi connectivity index (χ1v) is 9.81. The summed E-state index contributed by atoms with van der Waals surface area (Å²) >= 11 is 12.2. The van der Waals surface area contributed by atoms with Gasteiger partial charge in [-0.25, -0.2) is 4.79 Å². The van der Waals surface area contributed by atoms with Gasteiger partial charge in [-0.2, -0.15) is 0 Å². The van der Waals surface area contributed by atoms with Crippen molar-refractivity contribution in [1.29, 1.82) is 0 Å². The standard InChI is InChI=1S/C19H18Cl2N4O4.ClH/c20-14-4-3-11(8-15(14)21)16-12(9-22-5-7-28-16)10-25-6-1-2-13(18(25)26)17-23-19(27)29-24-17;/h1-4,6,8,12,16,22H,5,7,9-10H2,(H,23,24,27);1H/t12-,16-;/m0./s1. The zero-order valence-electron chi connectivity index (χ0n) is 15.6. The lowest BCUT2D eigenvalue weighted by molar-refractivity contribution is 0.0251. The summed E-state index contributed by atoms with van der Waals surface area (Å²) in [6, 6.07) is 8.74. The van der Waals surface area contributed by atoms with E-state index < -0.39 is 5.76 Å². The molecule has 2 atom stereocenters. The van der Waals surface area contributed by atoms with E-state index in [-0.39, 0.29) is 41.4 Å². The van der Waals surface area contributed by atoms with E-state index in [0.717, 1.165) is 5.56 Å². The number of rotatable bonds is 4. The minimum atomic E-state index is -0.712. The Kier molecular flexibility index (Phi) is 7.38. The average Bonchev–Trinajstić information content (AvgIpc) is 3.00. The molecule has 0 bridgehead atoms. The number of nitrogens with zero attached hydrogens (tertiary/aromatic N) is 2. The van der Waals surface area contributed by atoms with Crippen LogP contribution in [-0.4, -0.2) is 34.4 Å². The maximum absolute atomic E-state index is 12.9.